The Morgan fingerprint density at radius 3 is 2.44 bits per heavy atom. The van der Waals surface area contributed by atoms with Crippen LogP contribution in [0.5, 0.6) is 0 Å². The molecule has 1 aliphatic heterocycles. The van der Waals surface area contributed by atoms with Gasteiger partial charge in [0, 0.05) is 45.1 Å². The van der Waals surface area contributed by atoms with Crippen LogP contribution in [0.1, 0.15) is 22.8 Å². The van der Waals surface area contributed by atoms with E-state index in [0.717, 1.165) is 38.3 Å². The van der Waals surface area contributed by atoms with Gasteiger partial charge in [-0.05, 0) is 24.6 Å². The van der Waals surface area contributed by atoms with Crippen LogP contribution in [0.15, 0.2) is 42.7 Å². The highest BCUT2D eigenvalue weighted by atomic mass is 19.1. The lowest BCUT2D eigenvalue weighted by Crippen LogP contribution is -2.46. The van der Waals surface area contributed by atoms with E-state index in [1.165, 1.54) is 24.5 Å². The predicted octanol–water partition coefficient (Wildman–Crippen LogP) is 2.63. The van der Waals surface area contributed by atoms with Crippen LogP contribution >= 0.6 is 0 Å². The predicted molar refractivity (Wildman–Crippen MR) is 102 cm³/mol. The fourth-order valence-electron chi connectivity index (χ4n) is 2.85. The molecule has 0 unspecified atom stereocenters. The van der Waals surface area contributed by atoms with Gasteiger partial charge < -0.3 is 9.64 Å². The van der Waals surface area contributed by atoms with Crippen molar-refractivity contribution >= 4 is 18.0 Å². The number of carbonyl (C=O) groups excluding carboxylic acids is 1. The van der Waals surface area contributed by atoms with Gasteiger partial charge in [-0.3, -0.25) is 4.90 Å². The van der Waals surface area contributed by atoms with E-state index in [2.05, 4.69) is 25.8 Å². The Labute approximate surface area is 158 Å². The van der Waals surface area contributed by atoms with Crippen molar-refractivity contribution < 1.29 is 13.9 Å². The maximum Gasteiger partial charge on any atom is 0.341 e. The van der Waals surface area contributed by atoms with E-state index in [0.29, 0.717) is 18.1 Å². The molecule has 0 amide bonds. The van der Waals surface area contributed by atoms with Crippen molar-refractivity contribution in [2.75, 3.05) is 44.2 Å². The first-order valence-electron chi connectivity index (χ1n) is 9.04. The molecule has 0 aliphatic carbocycles. The Kier molecular flexibility index (Phi) is 6.49. The molecule has 3 rings (SSSR count). The third-order valence-electron chi connectivity index (χ3n) is 4.35. The van der Waals surface area contributed by atoms with Gasteiger partial charge in [0.25, 0.3) is 0 Å². The SMILES string of the molecule is CCOC(=O)c1cnc(N2CCN(C/C=C/c3ccc(F)cc3)CC2)nc1. The van der Waals surface area contributed by atoms with Gasteiger partial charge in [0.1, 0.15) is 5.82 Å². The standard InChI is InChI=1S/C20H23FN4O2/c1-2-27-19(26)17-14-22-20(23-15-17)25-12-10-24(11-13-25)9-3-4-16-5-7-18(21)8-6-16/h3-8,14-15H,2,9-13H2,1H3/b4-3+. The molecule has 0 N–H and O–H groups in total. The maximum absolute atomic E-state index is 12.9. The number of hydrogen-bond acceptors (Lipinski definition) is 6. The summed E-state index contributed by atoms with van der Waals surface area (Å²) in [5, 5.41) is 0. The smallest absolute Gasteiger partial charge is 0.341 e. The number of carbonyl (C=O) groups is 1. The first-order chi connectivity index (χ1) is 13.2. The summed E-state index contributed by atoms with van der Waals surface area (Å²) in [6.45, 7) is 6.38. The molecule has 2 heterocycles. The monoisotopic (exact) mass is 370 g/mol. The van der Waals surface area contributed by atoms with Gasteiger partial charge in [-0.2, -0.15) is 0 Å². The van der Waals surface area contributed by atoms with E-state index in [4.69, 9.17) is 4.74 Å². The van der Waals surface area contributed by atoms with E-state index in [-0.39, 0.29) is 5.82 Å². The molecule has 27 heavy (non-hydrogen) atoms. The average molecular weight is 370 g/mol. The number of ether oxygens (including phenoxy) is 1. The number of nitrogens with zero attached hydrogens (tertiary/aromatic N) is 4. The Morgan fingerprint density at radius 2 is 1.81 bits per heavy atom. The van der Waals surface area contributed by atoms with Crippen LogP contribution in [0.25, 0.3) is 6.08 Å². The summed E-state index contributed by atoms with van der Waals surface area (Å²) in [5.41, 5.74) is 1.36. The Hall–Kier alpha value is -2.80. The number of benzene rings is 1. The van der Waals surface area contributed by atoms with E-state index >= 15 is 0 Å². The van der Waals surface area contributed by atoms with Gasteiger partial charge in [-0.15, -0.1) is 0 Å². The molecule has 7 heteroatoms. The van der Waals surface area contributed by atoms with Crippen molar-refractivity contribution in [3.63, 3.8) is 0 Å². The fraction of sp³-hybridized carbons (Fsp3) is 0.350. The topological polar surface area (TPSA) is 58.6 Å². The van der Waals surface area contributed by atoms with Crippen molar-refractivity contribution in [2.45, 2.75) is 6.92 Å². The molecule has 142 valence electrons. The minimum Gasteiger partial charge on any atom is -0.462 e. The Balaban J connectivity index is 1.47. The number of halogens is 1. The molecular weight excluding hydrogens is 347 g/mol. The minimum absolute atomic E-state index is 0.222. The lowest BCUT2D eigenvalue weighted by Gasteiger charge is -2.34. The molecule has 1 aromatic heterocycles. The van der Waals surface area contributed by atoms with Crippen molar-refractivity contribution in [1.82, 2.24) is 14.9 Å². The van der Waals surface area contributed by atoms with E-state index in [1.807, 2.05) is 6.08 Å². The zero-order valence-electron chi connectivity index (χ0n) is 15.3. The number of anilines is 1. The highest BCUT2D eigenvalue weighted by Crippen LogP contribution is 2.12. The lowest BCUT2D eigenvalue weighted by molar-refractivity contribution is 0.0525. The highest BCUT2D eigenvalue weighted by molar-refractivity contribution is 5.88. The average Bonchev–Trinajstić information content (AvgIpc) is 2.70. The van der Waals surface area contributed by atoms with Crippen molar-refractivity contribution in [3.05, 3.63) is 59.7 Å². The van der Waals surface area contributed by atoms with E-state index in [9.17, 15) is 9.18 Å². The minimum atomic E-state index is -0.401. The fourth-order valence-corrected chi connectivity index (χ4v) is 2.85. The lowest BCUT2D eigenvalue weighted by atomic mass is 10.2. The number of aromatic nitrogens is 2. The zero-order chi connectivity index (χ0) is 19.1. The second-order valence-electron chi connectivity index (χ2n) is 6.23. The van der Waals surface area contributed by atoms with Gasteiger partial charge >= 0.3 is 5.97 Å². The first-order valence-corrected chi connectivity index (χ1v) is 9.04. The number of piperazine rings is 1. The third kappa shape index (κ3) is 5.34. The van der Waals surface area contributed by atoms with Crippen LogP contribution in [0.4, 0.5) is 10.3 Å². The molecule has 1 fully saturated rings. The molecule has 1 saturated heterocycles. The van der Waals surface area contributed by atoms with Crippen LogP contribution in [-0.4, -0.2) is 60.2 Å². The molecule has 1 aliphatic rings. The van der Waals surface area contributed by atoms with Crippen molar-refractivity contribution in [1.29, 1.82) is 0 Å². The zero-order valence-corrected chi connectivity index (χ0v) is 15.3. The molecule has 2 aromatic rings. The van der Waals surface area contributed by atoms with Gasteiger partial charge in [0.15, 0.2) is 0 Å². The van der Waals surface area contributed by atoms with Crippen LogP contribution in [0.3, 0.4) is 0 Å². The number of esters is 1. The summed E-state index contributed by atoms with van der Waals surface area (Å²) in [6, 6.07) is 6.46. The van der Waals surface area contributed by atoms with Crippen LogP contribution in [0.2, 0.25) is 0 Å². The van der Waals surface area contributed by atoms with E-state index < -0.39 is 5.97 Å². The highest BCUT2D eigenvalue weighted by Gasteiger charge is 2.18. The van der Waals surface area contributed by atoms with Gasteiger partial charge in [0.2, 0.25) is 5.95 Å². The normalized spacial score (nSPS) is 15.3. The summed E-state index contributed by atoms with van der Waals surface area (Å²) in [6.07, 6.45) is 7.12. The maximum atomic E-state index is 12.9. The quantitative estimate of drug-likeness (QED) is 0.729. The molecule has 0 spiro atoms. The molecule has 1 aromatic carbocycles. The summed E-state index contributed by atoms with van der Waals surface area (Å²) in [7, 11) is 0. The summed E-state index contributed by atoms with van der Waals surface area (Å²) >= 11 is 0. The molecular formula is C20H23FN4O2. The second-order valence-corrected chi connectivity index (χ2v) is 6.23. The summed E-state index contributed by atoms with van der Waals surface area (Å²) in [5.74, 6) is 0.00661. The summed E-state index contributed by atoms with van der Waals surface area (Å²) < 4.78 is 17.8. The first kappa shape index (κ1) is 19.0. The van der Waals surface area contributed by atoms with Crippen molar-refractivity contribution in [3.8, 4) is 0 Å². The van der Waals surface area contributed by atoms with Crippen LogP contribution < -0.4 is 4.90 Å². The Bertz CT molecular complexity index is 770. The van der Waals surface area contributed by atoms with Crippen LogP contribution in [-0.2, 0) is 4.74 Å². The molecule has 0 radical (unpaired) electrons. The molecule has 6 nitrogen and oxygen atoms in total. The second kappa shape index (κ2) is 9.23. The van der Waals surface area contributed by atoms with Gasteiger partial charge in [-0.25, -0.2) is 19.2 Å². The molecule has 0 bridgehead atoms. The third-order valence-corrected chi connectivity index (χ3v) is 4.35. The molecule has 0 atom stereocenters. The largest absolute Gasteiger partial charge is 0.462 e. The number of rotatable bonds is 6. The Morgan fingerprint density at radius 1 is 1.15 bits per heavy atom. The van der Waals surface area contributed by atoms with Crippen LogP contribution in [0, 0.1) is 5.82 Å². The summed E-state index contributed by atoms with van der Waals surface area (Å²) in [4.78, 5) is 24.7. The van der Waals surface area contributed by atoms with Crippen molar-refractivity contribution in [2.24, 2.45) is 0 Å². The van der Waals surface area contributed by atoms with Gasteiger partial charge in [-0.1, -0.05) is 24.3 Å². The number of hydrogen-bond donors (Lipinski definition) is 0. The van der Waals surface area contributed by atoms with E-state index in [1.54, 1.807) is 19.1 Å². The van der Waals surface area contributed by atoms with Gasteiger partial charge in [0.05, 0.1) is 12.2 Å². The molecule has 0 saturated carbocycles.